The summed E-state index contributed by atoms with van der Waals surface area (Å²) in [5.41, 5.74) is 4.28. The third kappa shape index (κ3) is 4.91. The van der Waals surface area contributed by atoms with E-state index in [1.165, 1.54) is 10.5 Å². The van der Waals surface area contributed by atoms with E-state index in [1.807, 2.05) is 73.7 Å². The Labute approximate surface area is 199 Å². The van der Waals surface area contributed by atoms with Gasteiger partial charge in [-0.05, 0) is 68.0 Å². The third-order valence-electron chi connectivity index (χ3n) is 5.36. The minimum absolute atomic E-state index is 0.180. The molecular formula is C27H26N2O3S. The molecule has 0 radical (unpaired) electrons. The van der Waals surface area contributed by atoms with Crippen molar-refractivity contribution in [3.63, 3.8) is 0 Å². The summed E-state index contributed by atoms with van der Waals surface area (Å²) < 4.78 is 11.6. The van der Waals surface area contributed by atoms with Crippen molar-refractivity contribution in [2.24, 2.45) is 0 Å². The van der Waals surface area contributed by atoms with Crippen molar-refractivity contribution in [3.8, 4) is 11.5 Å². The van der Waals surface area contributed by atoms with Crippen molar-refractivity contribution in [2.45, 2.75) is 20.5 Å². The molecule has 168 valence electrons. The molecule has 3 aromatic rings. The van der Waals surface area contributed by atoms with Gasteiger partial charge in [0.25, 0.3) is 5.91 Å². The Morgan fingerprint density at radius 1 is 0.970 bits per heavy atom. The molecule has 1 aliphatic heterocycles. The average molecular weight is 459 g/mol. The predicted molar refractivity (Wildman–Crippen MR) is 135 cm³/mol. The Morgan fingerprint density at radius 3 is 2.45 bits per heavy atom. The zero-order chi connectivity index (χ0) is 23.4. The fraction of sp³-hybridized carbons (Fsp3) is 0.185. The number of carbonyl (C=O) groups excluding carboxylic acids is 1. The minimum Gasteiger partial charge on any atom is -0.494 e. The van der Waals surface area contributed by atoms with E-state index < -0.39 is 0 Å². The smallest absolute Gasteiger partial charge is 0.281 e. The second kappa shape index (κ2) is 9.88. The van der Waals surface area contributed by atoms with Crippen LogP contribution >= 0.6 is 12.2 Å². The van der Waals surface area contributed by atoms with Gasteiger partial charge in [-0.1, -0.05) is 48.0 Å². The highest BCUT2D eigenvalue weighted by Crippen LogP contribution is 2.31. The molecule has 1 amide bonds. The van der Waals surface area contributed by atoms with Crippen LogP contribution in [0.15, 0.2) is 78.5 Å². The quantitative estimate of drug-likeness (QED) is 0.342. The summed E-state index contributed by atoms with van der Waals surface area (Å²) >= 11 is 5.59. The molecule has 0 aliphatic carbocycles. The molecule has 0 aromatic heterocycles. The van der Waals surface area contributed by atoms with Crippen molar-refractivity contribution in [1.29, 1.82) is 0 Å². The highest BCUT2D eigenvalue weighted by molar-refractivity contribution is 7.80. The van der Waals surface area contributed by atoms with Crippen LogP contribution < -0.4 is 14.4 Å². The van der Waals surface area contributed by atoms with Gasteiger partial charge in [-0.15, -0.1) is 0 Å². The molecule has 3 aromatic carbocycles. The number of thiocarbonyl (C=S) groups is 1. The lowest BCUT2D eigenvalue weighted by Crippen LogP contribution is -2.31. The Hall–Kier alpha value is -3.64. The van der Waals surface area contributed by atoms with Crippen LogP contribution in [0.25, 0.3) is 6.08 Å². The van der Waals surface area contributed by atoms with Gasteiger partial charge >= 0.3 is 0 Å². The summed E-state index contributed by atoms with van der Waals surface area (Å²) in [7, 11) is 1.80. The largest absolute Gasteiger partial charge is 0.494 e. The number of hydrogen-bond donors (Lipinski definition) is 0. The zero-order valence-electron chi connectivity index (χ0n) is 18.9. The second-order valence-corrected chi connectivity index (χ2v) is 8.12. The van der Waals surface area contributed by atoms with Crippen molar-refractivity contribution in [2.75, 3.05) is 18.6 Å². The fourth-order valence-electron chi connectivity index (χ4n) is 3.68. The summed E-state index contributed by atoms with van der Waals surface area (Å²) in [6, 6.07) is 23.3. The number of rotatable bonds is 7. The number of hydrogen-bond acceptors (Lipinski definition) is 4. The van der Waals surface area contributed by atoms with Gasteiger partial charge in [0, 0.05) is 12.6 Å². The first-order chi connectivity index (χ1) is 16.0. The van der Waals surface area contributed by atoms with Gasteiger partial charge in [0.15, 0.2) is 5.11 Å². The van der Waals surface area contributed by atoms with Crippen LogP contribution in [-0.4, -0.2) is 29.6 Å². The van der Waals surface area contributed by atoms with E-state index in [0.29, 0.717) is 35.5 Å². The number of anilines is 1. The Kier molecular flexibility index (Phi) is 6.75. The number of nitrogens with zero attached hydrogens (tertiary/aromatic N) is 2. The predicted octanol–water partition coefficient (Wildman–Crippen LogP) is 5.58. The first-order valence-electron chi connectivity index (χ1n) is 10.8. The van der Waals surface area contributed by atoms with Gasteiger partial charge in [0.1, 0.15) is 23.8 Å². The monoisotopic (exact) mass is 458 g/mol. The van der Waals surface area contributed by atoms with Crippen LogP contribution in [0.5, 0.6) is 11.5 Å². The normalized spacial score (nSPS) is 14.8. The van der Waals surface area contributed by atoms with Crippen molar-refractivity contribution in [3.05, 3.63) is 95.2 Å². The van der Waals surface area contributed by atoms with E-state index in [1.54, 1.807) is 11.9 Å². The molecule has 0 atom stereocenters. The molecule has 5 nitrogen and oxygen atoms in total. The van der Waals surface area contributed by atoms with Crippen LogP contribution in [0, 0.1) is 6.92 Å². The molecule has 4 rings (SSSR count). The Morgan fingerprint density at radius 2 is 1.73 bits per heavy atom. The molecule has 1 aliphatic rings. The fourth-order valence-corrected chi connectivity index (χ4v) is 3.97. The van der Waals surface area contributed by atoms with Crippen molar-refractivity contribution in [1.82, 2.24) is 4.90 Å². The summed E-state index contributed by atoms with van der Waals surface area (Å²) in [5.74, 6) is 1.28. The van der Waals surface area contributed by atoms with E-state index in [4.69, 9.17) is 21.7 Å². The van der Waals surface area contributed by atoms with E-state index in [2.05, 4.69) is 19.1 Å². The molecular weight excluding hydrogens is 432 g/mol. The summed E-state index contributed by atoms with van der Waals surface area (Å²) in [4.78, 5) is 16.6. The van der Waals surface area contributed by atoms with Gasteiger partial charge in [-0.3, -0.25) is 9.69 Å². The van der Waals surface area contributed by atoms with E-state index >= 15 is 0 Å². The molecule has 6 heteroatoms. The molecule has 1 heterocycles. The maximum atomic E-state index is 13.3. The third-order valence-corrected chi connectivity index (χ3v) is 5.81. The van der Waals surface area contributed by atoms with Gasteiger partial charge in [0.2, 0.25) is 0 Å². The SMILES string of the molecule is CCOc1ccc(N2C(=O)/C(=C/c3ccccc3OCc3cccc(C)c3)N(C)C2=S)cc1. The second-order valence-electron chi connectivity index (χ2n) is 7.75. The van der Waals surface area contributed by atoms with Crippen molar-refractivity contribution < 1.29 is 14.3 Å². The lowest BCUT2D eigenvalue weighted by atomic mass is 10.1. The molecule has 0 saturated carbocycles. The van der Waals surface area contributed by atoms with Crippen molar-refractivity contribution >= 4 is 35.0 Å². The topological polar surface area (TPSA) is 42.0 Å². The molecule has 0 bridgehead atoms. The van der Waals surface area contributed by atoms with Crippen LogP contribution in [-0.2, 0) is 11.4 Å². The molecule has 1 saturated heterocycles. The highest BCUT2D eigenvalue weighted by Gasteiger charge is 2.37. The van der Waals surface area contributed by atoms with Crippen LogP contribution in [0.2, 0.25) is 0 Å². The summed E-state index contributed by atoms with van der Waals surface area (Å²) in [6.45, 7) is 5.02. The molecule has 33 heavy (non-hydrogen) atoms. The van der Waals surface area contributed by atoms with Gasteiger partial charge in [0.05, 0.1) is 12.3 Å². The number of ether oxygens (including phenoxy) is 2. The molecule has 1 fully saturated rings. The lowest BCUT2D eigenvalue weighted by Gasteiger charge is -2.16. The zero-order valence-corrected chi connectivity index (χ0v) is 19.8. The maximum Gasteiger partial charge on any atom is 0.281 e. The summed E-state index contributed by atoms with van der Waals surface area (Å²) in [5, 5.41) is 0.425. The molecule has 0 N–H and O–H groups in total. The maximum absolute atomic E-state index is 13.3. The van der Waals surface area contributed by atoms with Gasteiger partial charge in [-0.25, -0.2) is 0 Å². The first kappa shape index (κ1) is 22.6. The number of likely N-dealkylation sites (N-methyl/N-ethyl adjacent to an activating group) is 1. The number of carbonyl (C=O) groups is 1. The minimum atomic E-state index is -0.180. The summed E-state index contributed by atoms with van der Waals surface area (Å²) in [6.07, 6.45) is 1.83. The number of benzene rings is 3. The van der Waals surface area contributed by atoms with E-state index in [-0.39, 0.29) is 5.91 Å². The standard InChI is InChI=1S/C27H26N2O3S/c1-4-31-23-14-12-22(13-15-23)29-26(30)24(28(3)27(29)33)17-21-10-5-6-11-25(21)32-18-20-9-7-8-19(2)16-20/h5-17H,4,18H2,1-3H3/b24-17-. The number of aryl methyl sites for hydroxylation is 1. The van der Waals surface area contributed by atoms with Gasteiger partial charge < -0.3 is 14.4 Å². The van der Waals surface area contributed by atoms with Crippen LogP contribution in [0.1, 0.15) is 23.6 Å². The van der Waals surface area contributed by atoms with Gasteiger partial charge in [-0.2, -0.15) is 0 Å². The Balaban J connectivity index is 1.58. The van der Waals surface area contributed by atoms with Crippen LogP contribution in [0.3, 0.4) is 0 Å². The van der Waals surface area contributed by atoms with E-state index in [0.717, 1.165) is 16.9 Å². The first-order valence-corrected chi connectivity index (χ1v) is 11.2. The Bertz CT molecular complexity index is 1200. The lowest BCUT2D eigenvalue weighted by molar-refractivity contribution is -0.114. The number of amides is 1. The highest BCUT2D eigenvalue weighted by atomic mass is 32.1. The average Bonchev–Trinajstić information content (AvgIpc) is 3.02. The molecule has 0 spiro atoms. The number of para-hydroxylation sites is 1. The van der Waals surface area contributed by atoms with E-state index in [9.17, 15) is 4.79 Å². The molecule has 0 unspecified atom stereocenters. The van der Waals surface area contributed by atoms with Crippen LogP contribution in [0.4, 0.5) is 5.69 Å².